The largest absolute Gasteiger partial charge is 0.497 e. The van der Waals surface area contributed by atoms with E-state index in [-0.39, 0.29) is 18.0 Å². The lowest BCUT2D eigenvalue weighted by molar-refractivity contribution is 0.0476. The van der Waals surface area contributed by atoms with Crippen LogP contribution in [0.4, 0.5) is 0 Å². The van der Waals surface area contributed by atoms with Crippen LogP contribution < -0.4 is 4.74 Å². The van der Waals surface area contributed by atoms with Crippen molar-refractivity contribution in [2.24, 2.45) is 0 Å². The molecule has 0 saturated carbocycles. The zero-order valence-electron chi connectivity index (χ0n) is 20.1. The number of carbonyl (C=O) groups is 2. The number of hydrogen-bond donors (Lipinski definition) is 0. The Morgan fingerprint density at radius 2 is 1.70 bits per heavy atom. The minimum Gasteiger partial charge on any atom is -0.497 e. The van der Waals surface area contributed by atoms with Gasteiger partial charge in [-0.25, -0.2) is 14.5 Å². The third-order valence-electron chi connectivity index (χ3n) is 5.90. The van der Waals surface area contributed by atoms with E-state index in [4.69, 9.17) is 14.5 Å². The van der Waals surface area contributed by atoms with E-state index in [1.54, 1.807) is 36.1 Å². The SMILES string of the molecule is COc1ccc(-c2cc(C(=O)OCC(=O)c3cccc(Br)c3)c3c(C)nn(-c4ccccc4)c3n2)cc1. The lowest BCUT2D eigenvalue weighted by Gasteiger charge is -2.10. The van der Waals surface area contributed by atoms with E-state index in [1.807, 2.05) is 67.6 Å². The minimum absolute atomic E-state index is 0.289. The summed E-state index contributed by atoms with van der Waals surface area (Å²) in [5, 5.41) is 5.24. The van der Waals surface area contributed by atoms with Gasteiger partial charge in [-0.1, -0.05) is 46.3 Å². The molecule has 2 aromatic heterocycles. The second-order valence-corrected chi connectivity index (χ2v) is 9.24. The van der Waals surface area contributed by atoms with Gasteiger partial charge in [0.25, 0.3) is 0 Å². The van der Waals surface area contributed by atoms with Crippen LogP contribution in [0.5, 0.6) is 5.75 Å². The van der Waals surface area contributed by atoms with Crippen molar-refractivity contribution in [3.8, 4) is 22.7 Å². The Balaban J connectivity index is 1.58. The van der Waals surface area contributed by atoms with Crippen LogP contribution in [0.1, 0.15) is 26.4 Å². The quantitative estimate of drug-likeness (QED) is 0.175. The van der Waals surface area contributed by atoms with Gasteiger partial charge in [-0.3, -0.25) is 4.79 Å². The van der Waals surface area contributed by atoms with Gasteiger partial charge in [0.15, 0.2) is 18.0 Å². The number of nitrogens with zero attached hydrogens (tertiary/aromatic N) is 3. The molecular weight excluding hydrogens is 534 g/mol. The lowest BCUT2D eigenvalue weighted by atomic mass is 10.1. The number of pyridine rings is 1. The van der Waals surface area contributed by atoms with Crippen LogP contribution in [-0.4, -0.2) is 40.2 Å². The summed E-state index contributed by atoms with van der Waals surface area (Å²) in [5.74, 6) is -0.214. The van der Waals surface area contributed by atoms with Crippen LogP contribution in [-0.2, 0) is 4.74 Å². The van der Waals surface area contributed by atoms with Crippen LogP contribution in [0.25, 0.3) is 28.0 Å². The number of methoxy groups -OCH3 is 1. The topological polar surface area (TPSA) is 83.3 Å². The van der Waals surface area contributed by atoms with Crippen molar-refractivity contribution < 1.29 is 19.1 Å². The fourth-order valence-corrected chi connectivity index (χ4v) is 4.46. The van der Waals surface area contributed by atoms with Crippen molar-refractivity contribution >= 4 is 38.7 Å². The number of Topliss-reactive ketones (excluding diaryl/α,β-unsaturated/α-hetero) is 1. The predicted molar refractivity (Wildman–Crippen MR) is 144 cm³/mol. The van der Waals surface area contributed by atoms with E-state index < -0.39 is 5.97 Å². The maximum absolute atomic E-state index is 13.4. The zero-order chi connectivity index (χ0) is 25.9. The van der Waals surface area contributed by atoms with Crippen molar-refractivity contribution in [1.82, 2.24) is 14.8 Å². The van der Waals surface area contributed by atoms with Gasteiger partial charge in [0, 0.05) is 15.6 Å². The molecule has 3 aromatic carbocycles. The molecule has 5 rings (SSSR count). The first-order valence-corrected chi connectivity index (χ1v) is 12.3. The Bertz CT molecular complexity index is 1610. The van der Waals surface area contributed by atoms with Crippen LogP contribution in [0, 0.1) is 6.92 Å². The van der Waals surface area contributed by atoms with Gasteiger partial charge >= 0.3 is 5.97 Å². The molecule has 184 valence electrons. The first-order valence-electron chi connectivity index (χ1n) is 11.5. The van der Waals surface area contributed by atoms with Gasteiger partial charge in [0.2, 0.25) is 0 Å². The highest BCUT2D eigenvalue weighted by Gasteiger charge is 2.23. The summed E-state index contributed by atoms with van der Waals surface area (Å²) in [6.07, 6.45) is 0. The highest BCUT2D eigenvalue weighted by atomic mass is 79.9. The van der Waals surface area contributed by atoms with E-state index in [0.717, 1.165) is 15.7 Å². The highest BCUT2D eigenvalue weighted by molar-refractivity contribution is 9.10. The Hall–Kier alpha value is -4.30. The fourth-order valence-electron chi connectivity index (χ4n) is 4.06. The van der Waals surface area contributed by atoms with Gasteiger partial charge < -0.3 is 9.47 Å². The monoisotopic (exact) mass is 555 g/mol. The molecule has 2 heterocycles. The lowest BCUT2D eigenvalue weighted by Crippen LogP contribution is -2.15. The number of fused-ring (bicyclic) bond motifs is 1. The maximum atomic E-state index is 13.4. The van der Waals surface area contributed by atoms with Gasteiger partial charge in [-0.2, -0.15) is 5.10 Å². The van der Waals surface area contributed by atoms with Gasteiger partial charge in [0.05, 0.1) is 35.1 Å². The summed E-state index contributed by atoms with van der Waals surface area (Å²) in [6.45, 7) is 1.43. The van der Waals surface area contributed by atoms with Gasteiger partial charge in [-0.15, -0.1) is 0 Å². The molecule has 0 saturated heterocycles. The Labute approximate surface area is 221 Å². The highest BCUT2D eigenvalue weighted by Crippen LogP contribution is 2.30. The summed E-state index contributed by atoms with van der Waals surface area (Å²) in [5.41, 5.74) is 4.05. The molecule has 0 N–H and O–H groups in total. The number of rotatable bonds is 7. The summed E-state index contributed by atoms with van der Waals surface area (Å²) >= 11 is 3.36. The molecule has 0 atom stereocenters. The van der Waals surface area contributed by atoms with Crippen LogP contribution in [0.2, 0.25) is 0 Å². The van der Waals surface area contributed by atoms with E-state index in [1.165, 1.54) is 0 Å². The first-order chi connectivity index (χ1) is 17.9. The van der Waals surface area contributed by atoms with Crippen molar-refractivity contribution in [2.45, 2.75) is 6.92 Å². The summed E-state index contributed by atoms with van der Waals surface area (Å²) in [4.78, 5) is 30.9. The molecule has 5 aromatic rings. The number of ketones is 1. The average Bonchev–Trinajstić information content (AvgIpc) is 3.27. The predicted octanol–water partition coefficient (Wildman–Crippen LogP) is 6.21. The van der Waals surface area contributed by atoms with Crippen LogP contribution in [0.3, 0.4) is 0 Å². The summed E-state index contributed by atoms with van der Waals surface area (Å²) in [7, 11) is 1.60. The molecule has 0 aliphatic carbocycles. The number of ether oxygens (including phenoxy) is 2. The second kappa shape index (κ2) is 10.4. The molecule has 0 amide bonds. The number of para-hydroxylation sites is 1. The number of aryl methyl sites for hydroxylation is 1. The van der Waals surface area contributed by atoms with Crippen LogP contribution >= 0.6 is 15.9 Å². The second-order valence-electron chi connectivity index (χ2n) is 8.32. The molecule has 0 spiro atoms. The Morgan fingerprint density at radius 1 is 0.946 bits per heavy atom. The van der Waals surface area contributed by atoms with E-state index in [9.17, 15) is 9.59 Å². The molecule has 0 aliphatic rings. The molecule has 0 aliphatic heterocycles. The fraction of sp³-hybridized carbons (Fsp3) is 0.103. The molecule has 7 nitrogen and oxygen atoms in total. The molecule has 0 radical (unpaired) electrons. The average molecular weight is 556 g/mol. The number of hydrogen-bond acceptors (Lipinski definition) is 6. The van der Waals surface area contributed by atoms with E-state index in [2.05, 4.69) is 21.0 Å². The number of esters is 1. The molecule has 37 heavy (non-hydrogen) atoms. The maximum Gasteiger partial charge on any atom is 0.339 e. The standard InChI is InChI=1S/C29H22BrN3O4/c1-18-27-24(29(35)37-17-26(34)20-7-6-8-21(30)15-20)16-25(19-11-13-23(36-2)14-12-19)31-28(27)33(32-18)22-9-4-3-5-10-22/h3-16H,17H2,1-2H3. The molecule has 8 heteroatoms. The van der Waals surface area contributed by atoms with Crippen molar-refractivity contribution in [1.29, 1.82) is 0 Å². The number of aromatic nitrogens is 3. The smallest absolute Gasteiger partial charge is 0.339 e. The molecule has 0 unspecified atom stereocenters. The number of halogens is 1. The Morgan fingerprint density at radius 3 is 2.41 bits per heavy atom. The van der Waals surface area contributed by atoms with Crippen molar-refractivity contribution in [2.75, 3.05) is 13.7 Å². The van der Waals surface area contributed by atoms with Gasteiger partial charge in [0.1, 0.15) is 5.75 Å². The third-order valence-corrected chi connectivity index (χ3v) is 6.39. The van der Waals surface area contributed by atoms with Crippen LogP contribution in [0.15, 0.2) is 89.4 Å². The third kappa shape index (κ3) is 5.01. The zero-order valence-corrected chi connectivity index (χ0v) is 21.7. The number of carbonyl (C=O) groups excluding carboxylic acids is 2. The van der Waals surface area contributed by atoms with E-state index >= 15 is 0 Å². The molecule has 0 fully saturated rings. The van der Waals surface area contributed by atoms with Gasteiger partial charge in [-0.05, 0) is 61.5 Å². The molecule has 0 bridgehead atoms. The summed E-state index contributed by atoms with van der Waals surface area (Å²) in [6, 6.07) is 25.6. The number of benzene rings is 3. The first kappa shape index (κ1) is 24.4. The molecular formula is C29H22BrN3O4. The van der Waals surface area contributed by atoms with Crippen molar-refractivity contribution in [3.63, 3.8) is 0 Å². The van der Waals surface area contributed by atoms with E-state index in [0.29, 0.717) is 33.7 Å². The summed E-state index contributed by atoms with van der Waals surface area (Å²) < 4.78 is 13.3. The minimum atomic E-state index is -0.624. The normalized spacial score (nSPS) is 10.9. The van der Waals surface area contributed by atoms with Crippen molar-refractivity contribution in [3.05, 3.63) is 106 Å². The Kier molecular flexibility index (Phi) is 6.83.